The molecule has 0 spiro atoms. The van der Waals surface area contributed by atoms with Crippen LogP contribution in [0.3, 0.4) is 0 Å². The van der Waals surface area contributed by atoms with Gasteiger partial charge in [0.1, 0.15) is 5.82 Å². The van der Waals surface area contributed by atoms with Gasteiger partial charge in [-0.3, -0.25) is 4.90 Å². The fourth-order valence-electron chi connectivity index (χ4n) is 3.28. The van der Waals surface area contributed by atoms with E-state index in [0.29, 0.717) is 6.67 Å². The molecule has 5 nitrogen and oxygen atoms in total. The Morgan fingerprint density at radius 1 is 1.11 bits per heavy atom. The second-order valence-electron chi connectivity index (χ2n) is 6.89. The average Bonchev–Trinajstić information content (AvgIpc) is 3.02. The fraction of sp³-hybridized carbons (Fsp3) is 0.300. The summed E-state index contributed by atoms with van der Waals surface area (Å²) < 4.78 is 15.7. The van der Waals surface area contributed by atoms with E-state index >= 15 is 0 Å². The van der Waals surface area contributed by atoms with Gasteiger partial charge in [0.05, 0.1) is 6.67 Å². The lowest BCUT2D eigenvalue weighted by Gasteiger charge is -2.35. The molecular formula is C20H22FN5S2. The Hall–Kier alpha value is -2.29. The molecule has 1 fully saturated rings. The number of piperazine rings is 1. The lowest BCUT2D eigenvalue weighted by atomic mass is 10.2. The molecule has 0 unspecified atom stereocenters. The molecule has 1 N–H and O–H groups in total. The van der Waals surface area contributed by atoms with Gasteiger partial charge in [0.2, 0.25) is 5.13 Å². The summed E-state index contributed by atoms with van der Waals surface area (Å²) in [6.45, 7) is 6.38. The van der Waals surface area contributed by atoms with Crippen molar-refractivity contribution in [1.82, 2.24) is 14.7 Å². The van der Waals surface area contributed by atoms with Crippen molar-refractivity contribution in [2.75, 3.05) is 36.4 Å². The first-order valence-electron chi connectivity index (χ1n) is 9.21. The van der Waals surface area contributed by atoms with Crippen LogP contribution in [0.4, 0.5) is 20.9 Å². The Morgan fingerprint density at radius 3 is 2.57 bits per heavy atom. The molecule has 2 heterocycles. The predicted octanol–water partition coefficient (Wildman–Crippen LogP) is 4.64. The lowest BCUT2D eigenvalue weighted by molar-refractivity contribution is 0.195. The predicted molar refractivity (Wildman–Crippen MR) is 116 cm³/mol. The van der Waals surface area contributed by atoms with Gasteiger partial charge in [0, 0.05) is 37.6 Å². The first kappa shape index (κ1) is 19.0. The lowest BCUT2D eigenvalue weighted by Crippen LogP contribution is -2.46. The molecule has 0 saturated carbocycles. The van der Waals surface area contributed by atoms with Gasteiger partial charge in [0.25, 0.3) is 0 Å². The SMILES string of the molecule is Cc1cccc(Nc2nn(CN3CCN(c4ccc(F)cc4)CC3)c(=S)s2)c1. The minimum atomic E-state index is -0.199. The van der Waals surface area contributed by atoms with Crippen LogP contribution in [0.25, 0.3) is 0 Å². The Morgan fingerprint density at radius 2 is 1.86 bits per heavy atom. The van der Waals surface area contributed by atoms with E-state index in [2.05, 4.69) is 39.3 Å². The monoisotopic (exact) mass is 415 g/mol. The number of rotatable bonds is 5. The van der Waals surface area contributed by atoms with Crippen LogP contribution in [-0.4, -0.2) is 40.9 Å². The van der Waals surface area contributed by atoms with Crippen LogP contribution in [0, 0.1) is 16.7 Å². The molecule has 28 heavy (non-hydrogen) atoms. The van der Waals surface area contributed by atoms with Crippen LogP contribution < -0.4 is 10.2 Å². The molecule has 0 atom stereocenters. The van der Waals surface area contributed by atoms with Crippen LogP contribution in [0.5, 0.6) is 0 Å². The molecule has 4 rings (SSSR count). The number of aryl methyl sites for hydroxylation is 1. The maximum absolute atomic E-state index is 13.1. The van der Waals surface area contributed by atoms with Crippen LogP contribution >= 0.6 is 23.6 Å². The zero-order chi connectivity index (χ0) is 19.5. The summed E-state index contributed by atoms with van der Waals surface area (Å²) in [5.74, 6) is -0.199. The largest absolute Gasteiger partial charge is 0.369 e. The highest BCUT2D eigenvalue weighted by molar-refractivity contribution is 7.73. The van der Waals surface area contributed by atoms with Gasteiger partial charge >= 0.3 is 0 Å². The minimum Gasteiger partial charge on any atom is -0.369 e. The Bertz CT molecular complexity index is 990. The average molecular weight is 416 g/mol. The Balaban J connectivity index is 1.35. The zero-order valence-electron chi connectivity index (χ0n) is 15.6. The van der Waals surface area contributed by atoms with Crippen molar-refractivity contribution in [3.63, 3.8) is 0 Å². The molecule has 8 heteroatoms. The summed E-state index contributed by atoms with van der Waals surface area (Å²) in [5.41, 5.74) is 3.28. The van der Waals surface area contributed by atoms with Crippen molar-refractivity contribution in [1.29, 1.82) is 0 Å². The number of halogens is 1. The number of hydrogen-bond donors (Lipinski definition) is 1. The topological polar surface area (TPSA) is 36.3 Å². The van der Waals surface area contributed by atoms with Gasteiger partial charge in [-0.1, -0.05) is 23.5 Å². The quantitative estimate of drug-likeness (QED) is 0.614. The zero-order valence-corrected chi connectivity index (χ0v) is 17.3. The van der Waals surface area contributed by atoms with E-state index in [1.807, 2.05) is 28.9 Å². The Kier molecular flexibility index (Phi) is 5.70. The molecule has 0 bridgehead atoms. The molecule has 2 aromatic carbocycles. The van der Waals surface area contributed by atoms with Crippen molar-refractivity contribution in [2.45, 2.75) is 13.6 Å². The van der Waals surface area contributed by atoms with E-state index in [0.717, 1.165) is 46.6 Å². The normalized spacial score (nSPS) is 15.0. The molecule has 0 radical (unpaired) electrons. The van der Waals surface area contributed by atoms with Crippen LogP contribution in [0.15, 0.2) is 48.5 Å². The first-order valence-corrected chi connectivity index (χ1v) is 10.4. The fourth-order valence-corrected chi connectivity index (χ4v) is 4.29. The van der Waals surface area contributed by atoms with Gasteiger partial charge in [-0.25, -0.2) is 9.07 Å². The van der Waals surface area contributed by atoms with Crippen molar-refractivity contribution >= 4 is 40.1 Å². The van der Waals surface area contributed by atoms with E-state index in [4.69, 9.17) is 12.2 Å². The standard InChI is InChI=1S/C20H22FN5S2/c1-15-3-2-4-17(13-15)22-19-23-26(20(27)28-19)14-24-9-11-25(12-10-24)18-7-5-16(21)6-8-18/h2-8,13H,9-12,14H2,1H3,(H,22,23). The highest BCUT2D eigenvalue weighted by atomic mass is 32.1. The smallest absolute Gasteiger partial charge is 0.209 e. The van der Waals surface area contributed by atoms with Crippen molar-refractivity contribution in [3.8, 4) is 0 Å². The summed E-state index contributed by atoms with van der Waals surface area (Å²) in [6.07, 6.45) is 0. The van der Waals surface area contributed by atoms with E-state index in [9.17, 15) is 4.39 Å². The minimum absolute atomic E-state index is 0.199. The van der Waals surface area contributed by atoms with Crippen LogP contribution in [0.2, 0.25) is 0 Å². The van der Waals surface area contributed by atoms with Crippen molar-refractivity contribution < 1.29 is 4.39 Å². The van der Waals surface area contributed by atoms with Crippen molar-refractivity contribution in [2.24, 2.45) is 0 Å². The maximum Gasteiger partial charge on any atom is 0.209 e. The summed E-state index contributed by atoms with van der Waals surface area (Å²) >= 11 is 6.99. The molecular weight excluding hydrogens is 393 g/mol. The first-order chi connectivity index (χ1) is 13.6. The highest BCUT2D eigenvalue weighted by Crippen LogP contribution is 2.22. The van der Waals surface area contributed by atoms with Gasteiger partial charge in [-0.2, -0.15) is 0 Å². The van der Waals surface area contributed by atoms with E-state index in [1.54, 1.807) is 0 Å². The number of nitrogens with zero attached hydrogens (tertiary/aromatic N) is 4. The number of hydrogen-bond acceptors (Lipinski definition) is 6. The molecule has 1 aliphatic rings. The molecule has 1 aliphatic heterocycles. The molecule has 1 saturated heterocycles. The second-order valence-corrected chi connectivity index (χ2v) is 8.51. The third-order valence-electron chi connectivity index (χ3n) is 4.77. The van der Waals surface area contributed by atoms with Crippen LogP contribution in [0.1, 0.15) is 5.56 Å². The number of benzene rings is 2. The summed E-state index contributed by atoms with van der Waals surface area (Å²) in [7, 11) is 0. The molecule has 1 aromatic heterocycles. The number of aromatic nitrogens is 2. The van der Waals surface area contributed by atoms with Gasteiger partial charge in [-0.05, 0) is 61.1 Å². The molecule has 146 valence electrons. The van der Waals surface area contributed by atoms with E-state index in [-0.39, 0.29) is 5.82 Å². The molecule has 3 aromatic rings. The molecule has 0 amide bonds. The third-order valence-corrected chi connectivity index (χ3v) is 6.00. The Labute approximate surface area is 173 Å². The van der Waals surface area contributed by atoms with Gasteiger partial charge < -0.3 is 10.2 Å². The summed E-state index contributed by atoms with van der Waals surface area (Å²) in [6, 6.07) is 14.9. The van der Waals surface area contributed by atoms with E-state index < -0.39 is 0 Å². The number of anilines is 3. The van der Waals surface area contributed by atoms with E-state index in [1.165, 1.54) is 29.0 Å². The van der Waals surface area contributed by atoms with Crippen LogP contribution in [-0.2, 0) is 6.67 Å². The number of nitrogens with one attached hydrogen (secondary N) is 1. The molecule has 0 aliphatic carbocycles. The maximum atomic E-state index is 13.1. The second kappa shape index (κ2) is 8.38. The van der Waals surface area contributed by atoms with Gasteiger partial charge in [0.15, 0.2) is 3.95 Å². The van der Waals surface area contributed by atoms with Gasteiger partial charge in [-0.15, -0.1) is 5.10 Å². The summed E-state index contributed by atoms with van der Waals surface area (Å²) in [5, 5.41) is 8.78. The highest BCUT2D eigenvalue weighted by Gasteiger charge is 2.18. The third kappa shape index (κ3) is 4.57. The summed E-state index contributed by atoms with van der Waals surface area (Å²) in [4.78, 5) is 4.62. The van der Waals surface area contributed by atoms with Crippen molar-refractivity contribution in [3.05, 3.63) is 63.9 Å².